The van der Waals surface area contributed by atoms with Crippen LogP contribution in [0.4, 0.5) is 5.69 Å². The number of nitro benzene ring substituents is 1. The number of halogens is 1. The molecule has 1 aliphatic heterocycles. The van der Waals surface area contributed by atoms with E-state index in [1.165, 1.54) is 18.2 Å². The van der Waals surface area contributed by atoms with E-state index in [0.29, 0.717) is 47.8 Å². The van der Waals surface area contributed by atoms with Crippen LogP contribution in [0.3, 0.4) is 0 Å². The van der Waals surface area contributed by atoms with Gasteiger partial charge in [0.1, 0.15) is 0 Å². The van der Waals surface area contributed by atoms with E-state index in [0.717, 1.165) is 5.70 Å². The highest BCUT2D eigenvalue weighted by Crippen LogP contribution is 2.49. The quantitative estimate of drug-likeness (QED) is 0.522. The minimum absolute atomic E-state index is 0.102. The van der Waals surface area contributed by atoms with Crippen molar-refractivity contribution < 1.29 is 14.5 Å². The Morgan fingerprint density at radius 2 is 1.94 bits per heavy atom. The second kappa shape index (κ2) is 8.46. The molecule has 0 fully saturated rings. The molecule has 0 saturated heterocycles. The van der Waals surface area contributed by atoms with E-state index >= 15 is 0 Å². The van der Waals surface area contributed by atoms with Crippen molar-refractivity contribution in [3.05, 3.63) is 61.4 Å². The van der Waals surface area contributed by atoms with E-state index in [4.69, 9.17) is 11.6 Å². The summed E-state index contributed by atoms with van der Waals surface area (Å²) in [7, 11) is 0. The molecule has 1 atom stereocenters. The summed E-state index contributed by atoms with van der Waals surface area (Å²) in [5.74, 6) is -1.18. The van der Waals surface area contributed by atoms with E-state index in [1.807, 2.05) is 27.7 Å². The van der Waals surface area contributed by atoms with Crippen molar-refractivity contribution in [2.24, 2.45) is 5.41 Å². The lowest BCUT2D eigenvalue weighted by Crippen LogP contribution is -2.42. The van der Waals surface area contributed by atoms with Crippen LogP contribution in [0.2, 0.25) is 5.02 Å². The molecule has 1 amide bonds. The summed E-state index contributed by atoms with van der Waals surface area (Å²) >= 11 is 6.23. The van der Waals surface area contributed by atoms with Crippen LogP contribution in [0.25, 0.3) is 0 Å². The monoisotopic (exact) mass is 445 g/mol. The van der Waals surface area contributed by atoms with Gasteiger partial charge in [-0.25, -0.2) is 0 Å². The van der Waals surface area contributed by atoms with Gasteiger partial charge < -0.3 is 10.2 Å². The fraction of sp³-hybridized carbons (Fsp3) is 0.478. The molecular weight excluding hydrogens is 418 g/mol. The number of hydrogen-bond donors (Lipinski definition) is 1. The Balaban J connectivity index is 2.31. The number of carbonyl (C=O) groups is 2. The van der Waals surface area contributed by atoms with Crippen molar-refractivity contribution in [2.45, 2.75) is 53.4 Å². The number of rotatable bonds is 5. The molecule has 1 unspecified atom stereocenters. The molecule has 7 nitrogen and oxygen atoms in total. The second-order valence-electron chi connectivity index (χ2n) is 8.87. The normalized spacial score (nSPS) is 20.3. The molecule has 0 spiro atoms. The summed E-state index contributed by atoms with van der Waals surface area (Å²) in [4.78, 5) is 39.9. The number of nitrogens with one attached hydrogen (secondary N) is 1. The molecule has 1 aromatic carbocycles. The number of ketones is 1. The van der Waals surface area contributed by atoms with Crippen LogP contribution in [0.15, 0.2) is 40.7 Å². The Morgan fingerprint density at radius 3 is 2.52 bits per heavy atom. The number of nitro groups is 1. The number of likely N-dealkylation sites (N-methyl/N-ethyl adjacent to an activating group) is 1. The minimum Gasteiger partial charge on any atom is -0.362 e. The summed E-state index contributed by atoms with van der Waals surface area (Å²) in [6.45, 7) is 10.6. The lowest BCUT2D eigenvalue weighted by Gasteiger charge is -2.40. The van der Waals surface area contributed by atoms with Crippen LogP contribution in [0.1, 0.15) is 58.9 Å². The number of carbonyl (C=O) groups excluding carboxylic acids is 2. The zero-order valence-electron chi connectivity index (χ0n) is 18.5. The summed E-state index contributed by atoms with van der Waals surface area (Å²) in [6, 6.07) is 4.30. The van der Waals surface area contributed by atoms with Gasteiger partial charge >= 0.3 is 0 Å². The first-order chi connectivity index (χ1) is 14.5. The van der Waals surface area contributed by atoms with Crippen molar-refractivity contribution >= 4 is 29.0 Å². The highest BCUT2D eigenvalue weighted by Gasteiger charge is 2.45. The summed E-state index contributed by atoms with van der Waals surface area (Å²) in [6.07, 6.45) is 0.924. The molecule has 2 aliphatic rings. The fourth-order valence-corrected chi connectivity index (χ4v) is 4.82. The summed E-state index contributed by atoms with van der Waals surface area (Å²) in [5, 5.41) is 15.5. The van der Waals surface area contributed by atoms with Crippen molar-refractivity contribution in [3.8, 4) is 0 Å². The first-order valence-corrected chi connectivity index (χ1v) is 10.9. The topological polar surface area (TPSA) is 92.6 Å². The van der Waals surface area contributed by atoms with Crippen molar-refractivity contribution in [1.82, 2.24) is 10.2 Å². The maximum Gasteiger partial charge on any atom is 0.273 e. The summed E-state index contributed by atoms with van der Waals surface area (Å²) in [5.41, 5.74) is 2.02. The Bertz CT molecular complexity index is 1020. The third kappa shape index (κ3) is 4.24. The van der Waals surface area contributed by atoms with E-state index in [9.17, 15) is 19.7 Å². The second-order valence-corrected chi connectivity index (χ2v) is 9.30. The molecule has 0 bridgehead atoms. The van der Waals surface area contributed by atoms with Crippen LogP contribution in [-0.4, -0.2) is 34.6 Å². The number of benzene rings is 1. The molecule has 0 aromatic heterocycles. The zero-order chi connectivity index (χ0) is 23.1. The van der Waals surface area contributed by atoms with Crippen LogP contribution in [0.5, 0.6) is 0 Å². The molecule has 166 valence electrons. The maximum atomic E-state index is 13.5. The van der Waals surface area contributed by atoms with E-state index in [1.54, 1.807) is 11.8 Å². The van der Waals surface area contributed by atoms with Gasteiger partial charge in [-0.05, 0) is 44.7 Å². The van der Waals surface area contributed by atoms with Gasteiger partial charge in [0, 0.05) is 58.7 Å². The number of dihydropyridines is 1. The zero-order valence-corrected chi connectivity index (χ0v) is 19.3. The van der Waals surface area contributed by atoms with Crippen LogP contribution < -0.4 is 5.32 Å². The first-order valence-electron chi connectivity index (χ1n) is 10.5. The predicted molar refractivity (Wildman–Crippen MR) is 120 cm³/mol. The highest BCUT2D eigenvalue weighted by atomic mass is 35.5. The molecule has 3 rings (SSSR count). The number of amides is 1. The molecule has 31 heavy (non-hydrogen) atoms. The van der Waals surface area contributed by atoms with Gasteiger partial charge in [0.05, 0.1) is 10.8 Å². The lowest BCUT2D eigenvalue weighted by molar-refractivity contribution is -0.385. The van der Waals surface area contributed by atoms with Crippen molar-refractivity contribution in [2.75, 3.05) is 13.1 Å². The Labute approximate surface area is 187 Å². The van der Waals surface area contributed by atoms with E-state index in [2.05, 4.69) is 5.32 Å². The van der Waals surface area contributed by atoms with E-state index in [-0.39, 0.29) is 28.4 Å². The summed E-state index contributed by atoms with van der Waals surface area (Å²) < 4.78 is 0. The molecular formula is C23H28ClN3O4. The van der Waals surface area contributed by atoms with Gasteiger partial charge in [0.2, 0.25) is 0 Å². The largest absolute Gasteiger partial charge is 0.362 e. The smallest absolute Gasteiger partial charge is 0.273 e. The lowest BCUT2D eigenvalue weighted by atomic mass is 9.68. The van der Waals surface area contributed by atoms with Crippen LogP contribution in [0, 0.1) is 15.5 Å². The van der Waals surface area contributed by atoms with Crippen molar-refractivity contribution in [3.63, 3.8) is 0 Å². The van der Waals surface area contributed by atoms with E-state index < -0.39 is 10.8 Å². The Hall–Kier alpha value is -2.67. The minimum atomic E-state index is -0.841. The maximum absolute atomic E-state index is 13.5. The van der Waals surface area contributed by atoms with Gasteiger partial charge in [-0.2, -0.15) is 0 Å². The predicted octanol–water partition coefficient (Wildman–Crippen LogP) is 4.72. The van der Waals surface area contributed by atoms with Crippen LogP contribution >= 0.6 is 11.6 Å². The highest BCUT2D eigenvalue weighted by molar-refractivity contribution is 6.30. The van der Waals surface area contributed by atoms with Gasteiger partial charge in [0.25, 0.3) is 11.6 Å². The average molecular weight is 446 g/mol. The number of nitrogens with zero attached hydrogens (tertiary/aromatic N) is 2. The molecule has 0 radical (unpaired) electrons. The van der Waals surface area contributed by atoms with Gasteiger partial charge in [0.15, 0.2) is 5.78 Å². The van der Waals surface area contributed by atoms with Gasteiger partial charge in [-0.1, -0.05) is 25.4 Å². The molecule has 1 N–H and O–H groups in total. The van der Waals surface area contributed by atoms with Gasteiger partial charge in [-0.3, -0.25) is 19.7 Å². The molecule has 1 aromatic rings. The molecule has 1 heterocycles. The van der Waals surface area contributed by atoms with Crippen LogP contribution in [-0.2, 0) is 9.59 Å². The third-order valence-electron chi connectivity index (χ3n) is 6.02. The Morgan fingerprint density at radius 1 is 1.29 bits per heavy atom. The SMILES string of the molecule is CCN(CC)C(=O)C1=C(C)NC2=C(C(=O)CC(C)(C)C2)C1c1cc(Cl)ccc1[N+](=O)[O-]. The number of allylic oxidation sites excluding steroid dienone is 3. The van der Waals surface area contributed by atoms with Gasteiger partial charge in [-0.15, -0.1) is 0 Å². The Kier molecular flexibility index (Phi) is 6.28. The molecule has 1 aliphatic carbocycles. The third-order valence-corrected chi connectivity index (χ3v) is 6.25. The average Bonchev–Trinajstić information content (AvgIpc) is 2.66. The molecule has 8 heteroatoms. The standard InChI is InChI=1S/C23H28ClN3O4/c1-6-26(7-2)22(29)19-13(3)25-16-11-23(4,5)12-18(28)21(16)20(19)15-10-14(24)8-9-17(15)27(30)31/h8-10,20,25H,6-7,11-12H2,1-5H3. The van der Waals surface area contributed by atoms with Crippen molar-refractivity contribution in [1.29, 1.82) is 0 Å². The fourth-order valence-electron chi connectivity index (χ4n) is 4.63. The number of hydrogen-bond acceptors (Lipinski definition) is 5. The number of Topliss-reactive ketones (excluding diaryl/α,β-unsaturated/α-hetero) is 1. The first kappa shape index (κ1) is 23.0. The molecule has 0 saturated carbocycles.